The molecule has 0 fully saturated rings. The van der Waals surface area contributed by atoms with Crippen molar-refractivity contribution in [3.05, 3.63) is 58.9 Å². The number of hydrogen-bond donors (Lipinski definition) is 3. The van der Waals surface area contributed by atoms with Crippen molar-refractivity contribution < 1.29 is 0 Å². The first-order chi connectivity index (χ1) is 8.27. The highest BCUT2D eigenvalue weighted by molar-refractivity contribution is 7.11. The maximum Gasteiger partial charge on any atom is 0.125 e. The van der Waals surface area contributed by atoms with Crippen LogP contribution in [0.15, 0.2) is 54.0 Å². The van der Waals surface area contributed by atoms with E-state index in [0.29, 0.717) is 5.57 Å². The second-order valence-corrected chi connectivity index (χ2v) is 4.41. The third-order valence-corrected chi connectivity index (χ3v) is 3.14. The zero-order chi connectivity index (χ0) is 12.1. The standard InChI is InChI=1S/C13H13N3S/c14-13(15)11(12-7-4-8-17-12)9-16-10-5-2-1-3-6-10/h1-9,16H,(H3,14,15)/b11-9-. The molecule has 0 atom stereocenters. The fourth-order valence-electron chi connectivity index (χ4n) is 1.40. The van der Waals surface area contributed by atoms with Gasteiger partial charge in [0, 0.05) is 22.3 Å². The Morgan fingerprint density at radius 3 is 2.53 bits per heavy atom. The Morgan fingerprint density at radius 2 is 1.94 bits per heavy atom. The third kappa shape index (κ3) is 2.95. The van der Waals surface area contributed by atoms with Crippen molar-refractivity contribution in [2.45, 2.75) is 0 Å². The van der Waals surface area contributed by atoms with Gasteiger partial charge in [-0.05, 0) is 23.6 Å². The molecule has 4 heteroatoms. The van der Waals surface area contributed by atoms with Gasteiger partial charge in [-0.3, -0.25) is 5.41 Å². The minimum Gasteiger partial charge on any atom is -0.384 e. The van der Waals surface area contributed by atoms with Gasteiger partial charge in [0.25, 0.3) is 0 Å². The molecule has 0 aliphatic rings. The van der Waals surface area contributed by atoms with Crippen molar-refractivity contribution in [1.29, 1.82) is 5.41 Å². The number of nitrogens with two attached hydrogens (primary N) is 1. The van der Waals surface area contributed by atoms with Gasteiger partial charge in [-0.15, -0.1) is 11.3 Å². The molecule has 2 aromatic rings. The van der Waals surface area contributed by atoms with Gasteiger partial charge in [0.2, 0.25) is 0 Å². The van der Waals surface area contributed by atoms with Crippen molar-refractivity contribution in [1.82, 2.24) is 0 Å². The van der Waals surface area contributed by atoms with Gasteiger partial charge >= 0.3 is 0 Å². The van der Waals surface area contributed by atoms with E-state index in [9.17, 15) is 0 Å². The summed E-state index contributed by atoms with van der Waals surface area (Å²) in [7, 11) is 0. The molecule has 1 heterocycles. The lowest BCUT2D eigenvalue weighted by Crippen LogP contribution is -2.12. The largest absolute Gasteiger partial charge is 0.384 e. The van der Waals surface area contributed by atoms with E-state index in [1.165, 1.54) is 0 Å². The van der Waals surface area contributed by atoms with Crippen LogP contribution in [-0.4, -0.2) is 5.84 Å². The van der Waals surface area contributed by atoms with Crippen molar-refractivity contribution in [3.63, 3.8) is 0 Å². The fraction of sp³-hybridized carbons (Fsp3) is 0. The van der Waals surface area contributed by atoms with Gasteiger partial charge in [0.1, 0.15) is 5.84 Å². The van der Waals surface area contributed by atoms with Gasteiger partial charge in [0.15, 0.2) is 0 Å². The van der Waals surface area contributed by atoms with Crippen LogP contribution in [0.4, 0.5) is 5.69 Å². The van der Waals surface area contributed by atoms with E-state index < -0.39 is 0 Å². The molecule has 0 unspecified atom stereocenters. The highest BCUT2D eigenvalue weighted by atomic mass is 32.1. The second kappa shape index (κ2) is 5.32. The minimum atomic E-state index is 0.0656. The molecule has 0 bridgehead atoms. The minimum absolute atomic E-state index is 0.0656. The highest BCUT2D eigenvalue weighted by Gasteiger charge is 2.05. The van der Waals surface area contributed by atoms with Gasteiger partial charge in [0.05, 0.1) is 0 Å². The van der Waals surface area contributed by atoms with Crippen LogP contribution in [0, 0.1) is 5.41 Å². The number of para-hydroxylation sites is 1. The average molecular weight is 243 g/mol. The zero-order valence-corrected chi connectivity index (χ0v) is 10.00. The van der Waals surface area contributed by atoms with Crippen LogP contribution < -0.4 is 11.1 Å². The van der Waals surface area contributed by atoms with E-state index in [4.69, 9.17) is 11.1 Å². The maximum absolute atomic E-state index is 7.57. The quantitative estimate of drug-likeness (QED) is 0.570. The lowest BCUT2D eigenvalue weighted by atomic mass is 10.2. The number of hydrogen-bond acceptors (Lipinski definition) is 3. The molecule has 0 saturated heterocycles. The number of anilines is 1. The molecule has 86 valence electrons. The van der Waals surface area contributed by atoms with Crippen molar-refractivity contribution in [3.8, 4) is 0 Å². The first-order valence-corrected chi connectivity index (χ1v) is 6.05. The first-order valence-electron chi connectivity index (χ1n) is 5.17. The zero-order valence-electron chi connectivity index (χ0n) is 9.18. The molecule has 1 aromatic heterocycles. The van der Waals surface area contributed by atoms with E-state index in [1.807, 2.05) is 47.8 Å². The van der Waals surface area contributed by atoms with Crippen molar-refractivity contribution in [2.75, 3.05) is 5.32 Å². The molecule has 0 spiro atoms. The van der Waals surface area contributed by atoms with Crippen LogP contribution in [0.25, 0.3) is 5.57 Å². The van der Waals surface area contributed by atoms with Crippen LogP contribution in [0.1, 0.15) is 4.88 Å². The fourth-order valence-corrected chi connectivity index (χ4v) is 2.16. The third-order valence-electron chi connectivity index (χ3n) is 2.23. The summed E-state index contributed by atoms with van der Waals surface area (Å²) in [4.78, 5) is 0.987. The van der Waals surface area contributed by atoms with E-state index in [0.717, 1.165) is 10.6 Å². The van der Waals surface area contributed by atoms with Crippen LogP contribution in [0.5, 0.6) is 0 Å². The molecule has 0 aliphatic carbocycles. The topological polar surface area (TPSA) is 61.9 Å². The number of thiophene rings is 1. The average Bonchev–Trinajstić information content (AvgIpc) is 2.84. The Balaban J connectivity index is 2.21. The number of nitrogens with one attached hydrogen (secondary N) is 2. The predicted octanol–water partition coefficient (Wildman–Crippen LogP) is 3.14. The molecule has 2 rings (SSSR count). The molecular weight excluding hydrogens is 230 g/mol. The maximum atomic E-state index is 7.57. The summed E-state index contributed by atoms with van der Waals surface area (Å²) in [6, 6.07) is 13.7. The van der Waals surface area contributed by atoms with E-state index in [1.54, 1.807) is 17.5 Å². The van der Waals surface area contributed by atoms with Gasteiger partial charge in [-0.25, -0.2) is 0 Å². The molecular formula is C13H13N3S. The molecule has 0 saturated carbocycles. The smallest absolute Gasteiger partial charge is 0.125 e. The summed E-state index contributed by atoms with van der Waals surface area (Å²) >= 11 is 1.57. The summed E-state index contributed by atoms with van der Waals surface area (Å²) in [5.41, 5.74) is 7.26. The highest BCUT2D eigenvalue weighted by Crippen LogP contribution is 2.20. The van der Waals surface area contributed by atoms with E-state index in [-0.39, 0.29) is 5.84 Å². The Labute approximate surface area is 104 Å². The summed E-state index contributed by atoms with van der Waals surface area (Å²) in [6.07, 6.45) is 1.77. The molecule has 0 radical (unpaired) electrons. The molecule has 0 aliphatic heterocycles. The Morgan fingerprint density at radius 1 is 1.18 bits per heavy atom. The van der Waals surface area contributed by atoms with Crippen molar-refractivity contribution >= 4 is 28.4 Å². The Bertz CT molecular complexity index is 515. The molecule has 0 amide bonds. The van der Waals surface area contributed by atoms with Crippen molar-refractivity contribution in [2.24, 2.45) is 5.73 Å². The Kier molecular flexibility index (Phi) is 3.57. The number of benzene rings is 1. The van der Waals surface area contributed by atoms with Gasteiger partial charge in [-0.1, -0.05) is 24.3 Å². The number of rotatable bonds is 4. The summed E-state index contributed by atoms with van der Waals surface area (Å²) in [6.45, 7) is 0. The molecule has 1 aromatic carbocycles. The molecule has 4 N–H and O–H groups in total. The predicted molar refractivity (Wildman–Crippen MR) is 74.3 cm³/mol. The van der Waals surface area contributed by atoms with E-state index in [2.05, 4.69) is 5.32 Å². The van der Waals surface area contributed by atoms with Crippen LogP contribution >= 0.6 is 11.3 Å². The summed E-state index contributed by atoms with van der Waals surface area (Å²) < 4.78 is 0. The Hall–Kier alpha value is -2.07. The van der Waals surface area contributed by atoms with Gasteiger partial charge in [-0.2, -0.15) is 0 Å². The van der Waals surface area contributed by atoms with E-state index >= 15 is 0 Å². The summed E-state index contributed by atoms with van der Waals surface area (Å²) in [5, 5.41) is 12.7. The van der Waals surface area contributed by atoms with Crippen LogP contribution in [0.3, 0.4) is 0 Å². The molecule has 17 heavy (non-hydrogen) atoms. The normalized spacial score (nSPS) is 11.2. The lowest BCUT2D eigenvalue weighted by molar-refractivity contribution is 1.46. The van der Waals surface area contributed by atoms with Gasteiger partial charge < -0.3 is 11.1 Å². The lowest BCUT2D eigenvalue weighted by Gasteiger charge is -2.05. The number of amidine groups is 1. The SMILES string of the molecule is N=C(N)/C(=C\Nc1ccccc1)c1cccs1. The van der Waals surface area contributed by atoms with Crippen LogP contribution in [0.2, 0.25) is 0 Å². The first kappa shape index (κ1) is 11.4. The second-order valence-electron chi connectivity index (χ2n) is 3.46. The van der Waals surface area contributed by atoms with Crippen LogP contribution in [-0.2, 0) is 0 Å². The summed E-state index contributed by atoms with van der Waals surface area (Å²) in [5.74, 6) is 0.0656. The molecule has 3 nitrogen and oxygen atoms in total. The monoisotopic (exact) mass is 243 g/mol.